The van der Waals surface area contributed by atoms with Crippen LogP contribution in [0, 0.1) is 11.3 Å². The van der Waals surface area contributed by atoms with Gasteiger partial charge in [0.2, 0.25) is 0 Å². The summed E-state index contributed by atoms with van der Waals surface area (Å²) in [6.45, 7) is 15.1. The molecule has 0 unspecified atom stereocenters. The third-order valence-corrected chi connectivity index (χ3v) is 3.77. The van der Waals surface area contributed by atoms with E-state index in [-0.39, 0.29) is 11.0 Å². The van der Waals surface area contributed by atoms with Crippen molar-refractivity contribution in [2.75, 3.05) is 7.11 Å². The summed E-state index contributed by atoms with van der Waals surface area (Å²) in [5.41, 5.74) is 0.105. The molecule has 0 aromatic heterocycles. The highest BCUT2D eigenvalue weighted by atomic mass is 16.5. The minimum absolute atomic E-state index is 0.0799. The highest BCUT2D eigenvalue weighted by Gasteiger charge is 2.45. The zero-order valence-electron chi connectivity index (χ0n) is 10.7. The topological polar surface area (TPSA) is 9.23 Å². The summed E-state index contributed by atoms with van der Waals surface area (Å²) >= 11 is 0. The summed E-state index contributed by atoms with van der Waals surface area (Å²) in [6, 6.07) is 0. The van der Waals surface area contributed by atoms with Crippen LogP contribution >= 0.6 is 0 Å². The minimum Gasteiger partial charge on any atom is -0.377 e. The lowest BCUT2D eigenvalue weighted by molar-refractivity contribution is -0.131. The molecule has 0 fully saturated rings. The highest BCUT2D eigenvalue weighted by Crippen LogP contribution is 2.44. The smallest absolute Gasteiger partial charge is 0.0786 e. The van der Waals surface area contributed by atoms with Crippen molar-refractivity contribution in [1.29, 1.82) is 0 Å². The van der Waals surface area contributed by atoms with Crippen LogP contribution in [0.3, 0.4) is 0 Å². The Balaban J connectivity index is 5.11. The van der Waals surface area contributed by atoms with Crippen LogP contribution in [0.15, 0.2) is 12.7 Å². The molecular weight excluding hydrogens is 172 g/mol. The Morgan fingerprint density at radius 1 is 1.36 bits per heavy atom. The fourth-order valence-corrected chi connectivity index (χ4v) is 2.40. The van der Waals surface area contributed by atoms with Crippen molar-refractivity contribution in [3.8, 4) is 0 Å². The summed E-state index contributed by atoms with van der Waals surface area (Å²) < 4.78 is 5.82. The second kappa shape index (κ2) is 4.97. The van der Waals surface area contributed by atoms with E-state index in [4.69, 9.17) is 4.74 Å². The van der Waals surface area contributed by atoms with Gasteiger partial charge in [-0.05, 0) is 24.2 Å². The Hall–Kier alpha value is -0.300. The van der Waals surface area contributed by atoms with Gasteiger partial charge in [-0.15, -0.1) is 6.58 Å². The molecule has 0 saturated heterocycles. The molecule has 0 amide bonds. The average molecular weight is 198 g/mol. The standard InChI is InChI=1S/C13H26O/c1-8-10-13(14-7,11(3)4)12(5,6)9-2/h8,11H,1,9-10H2,2-7H3/t13-/m1/s1. The Labute approximate surface area is 89.5 Å². The average Bonchev–Trinajstić information content (AvgIpc) is 2.13. The van der Waals surface area contributed by atoms with Crippen molar-refractivity contribution in [3.63, 3.8) is 0 Å². The van der Waals surface area contributed by atoms with Gasteiger partial charge in [-0.2, -0.15) is 0 Å². The van der Waals surface area contributed by atoms with Crippen LogP contribution in [0.4, 0.5) is 0 Å². The molecule has 0 spiro atoms. The van der Waals surface area contributed by atoms with E-state index in [0.717, 1.165) is 12.8 Å². The van der Waals surface area contributed by atoms with Crippen LogP contribution in [0.5, 0.6) is 0 Å². The maximum atomic E-state index is 5.82. The third-order valence-electron chi connectivity index (χ3n) is 3.77. The molecule has 0 aromatic rings. The molecule has 0 aromatic carbocycles. The van der Waals surface area contributed by atoms with Crippen LogP contribution < -0.4 is 0 Å². The van der Waals surface area contributed by atoms with Crippen LogP contribution in [0.25, 0.3) is 0 Å². The zero-order valence-corrected chi connectivity index (χ0v) is 10.7. The number of methoxy groups -OCH3 is 1. The Kier molecular flexibility index (Phi) is 4.87. The second-order valence-electron chi connectivity index (χ2n) is 4.98. The van der Waals surface area contributed by atoms with E-state index in [9.17, 15) is 0 Å². The van der Waals surface area contributed by atoms with Crippen molar-refractivity contribution < 1.29 is 4.74 Å². The normalized spacial score (nSPS) is 16.8. The molecule has 1 heteroatoms. The SMILES string of the molecule is C=CC[C@@](OC)(C(C)C)C(C)(C)CC. The van der Waals surface area contributed by atoms with Gasteiger partial charge in [0.05, 0.1) is 5.60 Å². The highest BCUT2D eigenvalue weighted by molar-refractivity contribution is 5.00. The fraction of sp³-hybridized carbons (Fsp3) is 0.846. The zero-order chi connectivity index (χ0) is 11.4. The van der Waals surface area contributed by atoms with Crippen LogP contribution in [0.1, 0.15) is 47.5 Å². The maximum Gasteiger partial charge on any atom is 0.0786 e. The van der Waals surface area contributed by atoms with E-state index in [1.54, 1.807) is 0 Å². The quantitative estimate of drug-likeness (QED) is 0.585. The van der Waals surface area contributed by atoms with Gasteiger partial charge >= 0.3 is 0 Å². The molecule has 84 valence electrons. The first-order valence-electron chi connectivity index (χ1n) is 5.54. The van der Waals surface area contributed by atoms with Gasteiger partial charge < -0.3 is 4.74 Å². The first-order chi connectivity index (χ1) is 6.38. The number of hydrogen-bond acceptors (Lipinski definition) is 1. The Morgan fingerprint density at radius 2 is 1.86 bits per heavy atom. The second-order valence-corrected chi connectivity index (χ2v) is 4.98. The van der Waals surface area contributed by atoms with Gasteiger partial charge in [0.1, 0.15) is 0 Å². The number of rotatable bonds is 6. The molecule has 0 N–H and O–H groups in total. The van der Waals surface area contributed by atoms with E-state index >= 15 is 0 Å². The molecule has 0 bridgehead atoms. The van der Waals surface area contributed by atoms with Gasteiger partial charge in [0.15, 0.2) is 0 Å². The Bertz CT molecular complexity index is 182. The van der Waals surface area contributed by atoms with E-state index in [2.05, 4.69) is 41.2 Å². The molecule has 0 aliphatic rings. The number of hydrogen-bond donors (Lipinski definition) is 0. The molecule has 14 heavy (non-hydrogen) atoms. The lowest BCUT2D eigenvalue weighted by atomic mass is 9.65. The van der Waals surface area contributed by atoms with Crippen molar-refractivity contribution in [3.05, 3.63) is 12.7 Å². The van der Waals surface area contributed by atoms with Crippen LogP contribution in [-0.4, -0.2) is 12.7 Å². The Morgan fingerprint density at radius 3 is 2.07 bits per heavy atom. The molecule has 0 radical (unpaired) electrons. The third kappa shape index (κ3) is 2.20. The molecule has 0 heterocycles. The van der Waals surface area contributed by atoms with Crippen molar-refractivity contribution in [1.82, 2.24) is 0 Å². The van der Waals surface area contributed by atoms with E-state index in [1.165, 1.54) is 0 Å². The molecule has 0 saturated carbocycles. The summed E-state index contributed by atoms with van der Waals surface area (Å²) in [4.78, 5) is 0. The predicted molar refractivity (Wildman–Crippen MR) is 63.5 cm³/mol. The van der Waals surface area contributed by atoms with E-state index < -0.39 is 0 Å². The van der Waals surface area contributed by atoms with Gasteiger partial charge in [0, 0.05) is 7.11 Å². The first kappa shape index (κ1) is 13.7. The van der Waals surface area contributed by atoms with Crippen molar-refractivity contribution in [2.24, 2.45) is 11.3 Å². The first-order valence-corrected chi connectivity index (χ1v) is 5.54. The lowest BCUT2D eigenvalue weighted by Gasteiger charge is -2.48. The summed E-state index contributed by atoms with van der Waals surface area (Å²) in [5, 5.41) is 0. The van der Waals surface area contributed by atoms with Crippen LogP contribution in [-0.2, 0) is 4.74 Å². The van der Waals surface area contributed by atoms with E-state index in [1.807, 2.05) is 13.2 Å². The molecule has 0 aliphatic carbocycles. The van der Waals surface area contributed by atoms with Gasteiger partial charge in [-0.1, -0.05) is 40.7 Å². The lowest BCUT2D eigenvalue weighted by Crippen LogP contribution is -2.50. The summed E-state index contributed by atoms with van der Waals surface area (Å²) in [7, 11) is 1.82. The van der Waals surface area contributed by atoms with Crippen LogP contribution in [0.2, 0.25) is 0 Å². The molecule has 0 aliphatic heterocycles. The van der Waals surface area contributed by atoms with Gasteiger partial charge in [-0.3, -0.25) is 0 Å². The van der Waals surface area contributed by atoms with E-state index in [0.29, 0.717) is 5.92 Å². The molecule has 1 nitrogen and oxygen atoms in total. The predicted octanol–water partition coefficient (Wildman–Crippen LogP) is 4.04. The van der Waals surface area contributed by atoms with Crippen molar-refractivity contribution >= 4 is 0 Å². The fourth-order valence-electron chi connectivity index (χ4n) is 2.40. The monoisotopic (exact) mass is 198 g/mol. The molecule has 0 rings (SSSR count). The van der Waals surface area contributed by atoms with Crippen molar-refractivity contribution in [2.45, 2.75) is 53.1 Å². The minimum atomic E-state index is -0.0799. The van der Waals surface area contributed by atoms with Gasteiger partial charge in [-0.25, -0.2) is 0 Å². The number of ether oxygens (including phenoxy) is 1. The largest absolute Gasteiger partial charge is 0.377 e. The molecule has 1 atom stereocenters. The van der Waals surface area contributed by atoms with Gasteiger partial charge in [0.25, 0.3) is 0 Å². The summed E-state index contributed by atoms with van der Waals surface area (Å²) in [6.07, 6.45) is 4.01. The molecular formula is C13H26O. The summed E-state index contributed by atoms with van der Waals surface area (Å²) in [5.74, 6) is 0.500. The maximum absolute atomic E-state index is 5.82.